The van der Waals surface area contributed by atoms with Gasteiger partial charge < -0.3 is 15.1 Å². The van der Waals surface area contributed by atoms with E-state index in [1.165, 1.54) is 0 Å². The molecule has 2 rings (SSSR count). The molecule has 20 heavy (non-hydrogen) atoms. The van der Waals surface area contributed by atoms with Crippen molar-refractivity contribution in [1.29, 1.82) is 0 Å². The van der Waals surface area contributed by atoms with Crippen LogP contribution in [0.25, 0.3) is 0 Å². The lowest BCUT2D eigenvalue weighted by Crippen LogP contribution is -2.45. The molecule has 1 aliphatic heterocycles. The van der Waals surface area contributed by atoms with Crippen molar-refractivity contribution in [3.8, 4) is 5.75 Å². The predicted octanol–water partition coefficient (Wildman–Crippen LogP) is 2.54. The van der Waals surface area contributed by atoms with Gasteiger partial charge in [-0.05, 0) is 50.6 Å². The molecule has 1 aromatic carbocycles. The van der Waals surface area contributed by atoms with Crippen LogP contribution >= 0.6 is 12.4 Å². The molecule has 0 bridgehead atoms. The average Bonchev–Trinajstić information content (AvgIpc) is 2.39. The van der Waals surface area contributed by atoms with Gasteiger partial charge in [-0.2, -0.15) is 0 Å². The van der Waals surface area contributed by atoms with Crippen molar-refractivity contribution in [2.24, 2.45) is 5.92 Å². The zero-order chi connectivity index (χ0) is 13.8. The van der Waals surface area contributed by atoms with Crippen LogP contribution in [-0.4, -0.2) is 40.7 Å². The molecule has 0 spiro atoms. The minimum absolute atomic E-state index is 0. The highest BCUT2D eigenvalue weighted by atomic mass is 35.5. The molecule has 0 saturated carbocycles. The number of hydrogen-bond acceptors (Lipinski definition) is 3. The molecule has 1 heterocycles. The first-order valence-electron chi connectivity index (χ1n) is 6.79. The summed E-state index contributed by atoms with van der Waals surface area (Å²) in [6, 6.07) is 6.93. The maximum absolute atomic E-state index is 11.5. The van der Waals surface area contributed by atoms with Crippen LogP contribution in [0.2, 0.25) is 0 Å². The number of hydrogen-bond donors (Lipinski definition) is 2. The number of likely N-dealkylation sites (tertiary alicyclic amines) is 1. The number of carboxylic acids is 1. The highest BCUT2D eigenvalue weighted by Crippen LogP contribution is 2.25. The summed E-state index contributed by atoms with van der Waals surface area (Å²) in [6.07, 6.45) is 3.73. The first-order valence-corrected chi connectivity index (χ1v) is 6.79. The third-order valence-corrected chi connectivity index (χ3v) is 4.00. The number of carboxylic acid groups (broad SMARTS) is 1. The standard InChI is InChI=1S/C15H21NO3.ClH/c1-16-9-3-2-4-14(16)13(15(18)19)10-11-5-7-12(17)8-6-11;/h5-8,13-14,17H,2-4,9-10H2,1H3,(H,18,19);1H/t13-,14-;/m1./s1. The summed E-state index contributed by atoms with van der Waals surface area (Å²) in [6.45, 7) is 0.976. The lowest BCUT2D eigenvalue weighted by atomic mass is 9.86. The smallest absolute Gasteiger partial charge is 0.308 e. The molecular weight excluding hydrogens is 278 g/mol. The SMILES string of the molecule is CN1CCCC[C@@H]1[C@@H](Cc1ccc(O)cc1)C(=O)O.Cl. The van der Waals surface area contributed by atoms with E-state index in [1.54, 1.807) is 24.3 Å². The molecular formula is C15H22ClNO3. The van der Waals surface area contributed by atoms with Gasteiger partial charge in [0.05, 0.1) is 5.92 Å². The fraction of sp³-hybridized carbons (Fsp3) is 0.533. The number of aliphatic carboxylic acids is 1. The quantitative estimate of drug-likeness (QED) is 0.897. The predicted molar refractivity (Wildman–Crippen MR) is 80.5 cm³/mol. The molecule has 2 atom stereocenters. The van der Waals surface area contributed by atoms with E-state index >= 15 is 0 Å². The molecule has 1 aromatic rings. The van der Waals surface area contributed by atoms with Crippen LogP contribution in [0.15, 0.2) is 24.3 Å². The second-order valence-electron chi connectivity index (χ2n) is 5.36. The van der Waals surface area contributed by atoms with Gasteiger partial charge in [0, 0.05) is 6.04 Å². The fourth-order valence-electron chi connectivity index (χ4n) is 2.88. The van der Waals surface area contributed by atoms with E-state index in [4.69, 9.17) is 0 Å². The molecule has 112 valence electrons. The highest BCUT2D eigenvalue weighted by Gasteiger charge is 2.32. The van der Waals surface area contributed by atoms with Crippen LogP contribution in [0.4, 0.5) is 0 Å². The van der Waals surface area contributed by atoms with Crippen LogP contribution in [0.5, 0.6) is 5.75 Å². The van der Waals surface area contributed by atoms with E-state index in [2.05, 4.69) is 4.90 Å². The molecule has 1 aliphatic rings. The van der Waals surface area contributed by atoms with Gasteiger partial charge in [0.2, 0.25) is 0 Å². The molecule has 0 aliphatic carbocycles. The van der Waals surface area contributed by atoms with E-state index in [9.17, 15) is 15.0 Å². The molecule has 2 N–H and O–H groups in total. The van der Waals surface area contributed by atoms with E-state index in [0.29, 0.717) is 6.42 Å². The van der Waals surface area contributed by atoms with Crippen molar-refractivity contribution in [3.63, 3.8) is 0 Å². The van der Waals surface area contributed by atoms with Gasteiger partial charge in [0.15, 0.2) is 0 Å². The Kier molecular flexibility index (Phi) is 6.30. The Morgan fingerprint density at radius 2 is 2.00 bits per heavy atom. The number of phenols is 1. The van der Waals surface area contributed by atoms with E-state index in [-0.39, 0.29) is 30.1 Å². The van der Waals surface area contributed by atoms with Gasteiger partial charge >= 0.3 is 5.97 Å². The number of aromatic hydroxyl groups is 1. The van der Waals surface area contributed by atoms with Gasteiger partial charge in [0.1, 0.15) is 5.75 Å². The van der Waals surface area contributed by atoms with Crippen molar-refractivity contribution in [1.82, 2.24) is 4.90 Å². The largest absolute Gasteiger partial charge is 0.508 e. The summed E-state index contributed by atoms with van der Waals surface area (Å²) >= 11 is 0. The number of carbonyl (C=O) groups is 1. The first kappa shape index (κ1) is 16.8. The molecule has 0 unspecified atom stereocenters. The van der Waals surface area contributed by atoms with Gasteiger partial charge in [0.25, 0.3) is 0 Å². The average molecular weight is 300 g/mol. The third-order valence-electron chi connectivity index (χ3n) is 4.00. The van der Waals surface area contributed by atoms with E-state index in [1.807, 2.05) is 7.05 Å². The summed E-state index contributed by atoms with van der Waals surface area (Å²) in [4.78, 5) is 13.7. The van der Waals surface area contributed by atoms with Gasteiger partial charge in [-0.25, -0.2) is 0 Å². The topological polar surface area (TPSA) is 60.8 Å². The molecule has 0 radical (unpaired) electrons. The van der Waals surface area contributed by atoms with Crippen LogP contribution in [0.1, 0.15) is 24.8 Å². The Morgan fingerprint density at radius 3 is 2.55 bits per heavy atom. The normalized spacial score (nSPS) is 20.9. The molecule has 0 amide bonds. The van der Waals surface area contributed by atoms with E-state index < -0.39 is 5.97 Å². The Hall–Kier alpha value is -1.26. The lowest BCUT2D eigenvalue weighted by molar-refractivity contribution is -0.144. The number of halogens is 1. The second kappa shape index (κ2) is 7.50. The van der Waals surface area contributed by atoms with Crippen LogP contribution in [0.3, 0.4) is 0 Å². The van der Waals surface area contributed by atoms with Crippen molar-refractivity contribution < 1.29 is 15.0 Å². The molecule has 1 fully saturated rings. The van der Waals surface area contributed by atoms with Crippen LogP contribution in [0, 0.1) is 5.92 Å². The zero-order valence-corrected chi connectivity index (χ0v) is 12.5. The van der Waals surface area contributed by atoms with Crippen LogP contribution < -0.4 is 0 Å². The fourth-order valence-corrected chi connectivity index (χ4v) is 2.88. The Balaban J connectivity index is 0.00000200. The summed E-state index contributed by atoms with van der Waals surface area (Å²) in [5.74, 6) is -0.896. The van der Waals surface area contributed by atoms with Gasteiger partial charge in [-0.3, -0.25) is 4.79 Å². The Bertz CT molecular complexity index is 435. The van der Waals surface area contributed by atoms with Gasteiger partial charge in [-0.1, -0.05) is 18.6 Å². The summed E-state index contributed by atoms with van der Waals surface area (Å²) in [5, 5.41) is 18.7. The minimum atomic E-state index is -0.730. The highest BCUT2D eigenvalue weighted by molar-refractivity contribution is 5.85. The number of nitrogens with zero attached hydrogens (tertiary/aromatic N) is 1. The molecule has 1 saturated heterocycles. The Labute approximate surface area is 125 Å². The summed E-state index contributed by atoms with van der Waals surface area (Å²) < 4.78 is 0. The molecule has 5 heteroatoms. The van der Waals surface area contributed by atoms with E-state index in [0.717, 1.165) is 31.4 Å². The zero-order valence-electron chi connectivity index (χ0n) is 11.7. The maximum Gasteiger partial charge on any atom is 0.308 e. The van der Waals surface area contributed by atoms with Crippen molar-refractivity contribution >= 4 is 18.4 Å². The number of phenolic OH excluding ortho intramolecular Hbond substituents is 1. The third kappa shape index (κ3) is 4.12. The summed E-state index contributed by atoms with van der Waals surface area (Å²) in [7, 11) is 2.01. The monoisotopic (exact) mass is 299 g/mol. The summed E-state index contributed by atoms with van der Waals surface area (Å²) in [5.41, 5.74) is 0.962. The van der Waals surface area contributed by atoms with Crippen molar-refractivity contribution in [2.45, 2.75) is 31.7 Å². The first-order chi connectivity index (χ1) is 9.08. The number of piperidine rings is 1. The van der Waals surface area contributed by atoms with Crippen LogP contribution in [-0.2, 0) is 11.2 Å². The number of benzene rings is 1. The second-order valence-corrected chi connectivity index (χ2v) is 5.36. The Morgan fingerprint density at radius 1 is 1.35 bits per heavy atom. The minimum Gasteiger partial charge on any atom is -0.508 e. The number of rotatable bonds is 4. The van der Waals surface area contributed by atoms with Crippen molar-refractivity contribution in [2.75, 3.05) is 13.6 Å². The lowest BCUT2D eigenvalue weighted by Gasteiger charge is -2.36. The van der Waals surface area contributed by atoms with Gasteiger partial charge in [-0.15, -0.1) is 12.4 Å². The maximum atomic E-state index is 11.5. The molecule has 0 aromatic heterocycles. The molecule has 4 nitrogen and oxygen atoms in total. The van der Waals surface area contributed by atoms with Crippen molar-refractivity contribution in [3.05, 3.63) is 29.8 Å².